The van der Waals surface area contributed by atoms with E-state index in [0.717, 1.165) is 38.9 Å². The van der Waals surface area contributed by atoms with E-state index in [0.29, 0.717) is 23.9 Å². The molecule has 0 aliphatic carbocycles. The summed E-state index contributed by atoms with van der Waals surface area (Å²) in [5.74, 6) is 0.611. The molecule has 0 radical (unpaired) electrons. The van der Waals surface area contributed by atoms with Crippen molar-refractivity contribution in [3.05, 3.63) is 77.4 Å². The number of carboxylic acid groups (broad SMARTS) is 1. The molecule has 0 aliphatic heterocycles. The van der Waals surface area contributed by atoms with Gasteiger partial charge in [0.15, 0.2) is 11.5 Å². The van der Waals surface area contributed by atoms with Crippen LogP contribution in [0.3, 0.4) is 0 Å². The Kier molecular flexibility index (Phi) is 6.74. The summed E-state index contributed by atoms with van der Waals surface area (Å²) in [6, 6.07) is 19.7. The van der Waals surface area contributed by atoms with Crippen LogP contribution < -0.4 is 14.2 Å². The van der Waals surface area contributed by atoms with Crippen LogP contribution in [0, 0.1) is 0 Å². The van der Waals surface area contributed by atoms with Crippen molar-refractivity contribution < 1.29 is 24.1 Å². The highest BCUT2D eigenvalue weighted by Crippen LogP contribution is 2.43. The van der Waals surface area contributed by atoms with Gasteiger partial charge < -0.3 is 24.3 Å². The van der Waals surface area contributed by atoms with Crippen LogP contribution in [0.15, 0.2) is 60.7 Å². The van der Waals surface area contributed by atoms with E-state index in [1.807, 2.05) is 48.5 Å². The van der Waals surface area contributed by atoms with Crippen LogP contribution in [0.2, 0.25) is 0 Å². The number of H-pyrrole nitrogens is 1. The van der Waals surface area contributed by atoms with Gasteiger partial charge in [0.05, 0.1) is 26.3 Å². The number of fused-ring (bicyclic) bond motifs is 1. The highest BCUT2D eigenvalue weighted by molar-refractivity contribution is 5.95. The van der Waals surface area contributed by atoms with Crippen LogP contribution in [0.25, 0.3) is 22.2 Å². The minimum absolute atomic E-state index is 0.0592. The summed E-state index contributed by atoms with van der Waals surface area (Å²) < 4.78 is 17.4. The summed E-state index contributed by atoms with van der Waals surface area (Å²) in [7, 11) is 3.15. The van der Waals surface area contributed by atoms with Crippen LogP contribution >= 0.6 is 0 Å². The van der Waals surface area contributed by atoms with E-state index >= 15 is 0 Å². The van der Waals surface area contributed by atoms with Crippen molar-refractivity contribution in [2.45, 2.75) is 39.2 Å². The van der Waals surface area contributed by atoms with Gasteiger partial charge in [0.1, 0.15) is 6.61 Å². The van der Waals surface area contributed by atoms with E-state index in [1.54, 1.807) is 14.2 Å². The lowest BCUT2D eigenvalue weighted by Crippen LogP contribution is -2.10. The number of aromatic nitrogens is 1. The van der Waals surface area contributed by atoms with E-state index in [-0.39, 0.29) is 11.8 Å². The monoisotopic (exact) mass is 473 g/mol. The summed E-state index contributed by atoms with van der Waals surface area (Å²) >= 11 is 0. The Morgan fingerprint density at radius 3 is 2.17 bits per heavy atom. The van der Waals surface area contributed by atoms with Gasteiger partial charge in [-0.05, 0) is 46.4 Å². The van der Waals surface area contributed by atoms with Gasteiger partial charge in [0, 0.05) is 16.5 Å². The zero-order valence-electron chi connectivity index (χ0n) is 20.8. The number of methoxy groups -OCH3 is 2. The molecule has 6 heteroatoms. The molecule has 4 rings (SSSR count). The number of nitrogens with one attached hydrogen (secondary N) is 1. The highest BCUT2D eigenvalue weighted by atomic mass is 16.5. The molecule has 1 heterocycles. The highest BCUT2D eigenvalue weighted by Gasteiger charge is 2.22. The maximum absolute atomic E-state index is 11.8. The predicted molar refractivity (Wildman–Crippen MR) is 138 cm³/mol. The van der Waals surface area contributed by atoms with E-state index in [2.05, 4.69) is 37.9 Å². The van der Waals surface area contributed by atoms with Gasteiger partial charge >= 0.3 is 5.97 Å². The third kappa shape index (κ3) is 5.11. The smallest absolute Gasteiger partial charge is 0.307 e. The van der Waals surface area contributed by atoms with Gasteiger partial charge in [-0.25, -0.2) is 0 Å². The van der Waals surface area contributed by atoms with Gasteiger partial charge in [-0.15, -0.1) is 0 Å². The fourth-order valence-corrected chi connectivity index (χ4v) is 4.19. The minimum Gasteiger partial charge on any atom is -0.493 e. The molecule has 2 N–H and O–H groups in total. The molecule has 0 aliphatic rings. The standard InChI is InChI=1S/C29H31NO5/c1-29(2,3)20-11-12-23-21(15-20)22(16-26(31)32)27(30-23)19-13-24(33-4)28(25(14-19)34-5)35-17-18-9-7-6-8-10-18/h6-15,30H,16-17H2,1-5H3,(H,31,32). The number of carboxylic acids is 1. The number of aliphatic carboxylic acids is 1. The largest absolute Gasteiger partial charge is 0.493 e. The van der Waals surface area contributed by atoms with Crippen LogP contribution in [-0.2, 0) is 23.2 Å². The Hall–Kier alpha value is -3.93. The van der Waals surface area contributed by atoms with E-state index in [1.165, 1.54) is 0 Å². The molecule has 0 saturated heterocycles. The Balaban J connectivity index is 1.83. The zero-order valence-corrected chi connectivity index (χ0v) is 20.8. The minimum atomic E-state index is -0.893. The molecule has 6 nitrogen and oxygen atoms in total. The maximum atomic E-state index is 11.8. The summed E-state index contributed by atoms with van der Waals surface area (Å²) in [6.07, 6.45) is -0.111. The van der Waals surface area contributed by atoms with Crippen molar-refractivity contribution in [3.8, 4) is 28.5 Å². The molecule has 0 saturated carbocycles. The number of ether oxygens (including phenoxy) is 3. The average Bonchev–Trinajstić information content (AvgIpc) is 3.19. The van der Waals surface area contributed by atoms with Gasteiger partial charge in [0.2, 0.25) is 5.75 Å². The number of rotatable bonds is 8. The first-order chi connectivity index (χ1) is 16.7. The topological polar surface area (TPSA) is 80.8 Å². The molecule has 1 aromatic heterocycles. The quantitative estimate of drug-likeness (QED) is 0.311. The molecule has 4 aromatic rings. The molecule has 0 amide bonds. The normalized spacial score (nSPS) is 11.5. The number of carbonyl (C=O) groups is 1. The van der Waals surface area contributed by atoms with Crippen LogP contribution in [-0.4, -0.2) is 30.3 Å². The van der Waals surface area contributed by atoms with E-state index in [4.69, 9.17) is 14.2 Å². The molecule has 3 aromatic carbocycles. The van der Waals surface area contributed by atoms with Gasteiger partial charge in [0.25, 0.3) is 0 Å². The van der Waals surface area contributed by atoms with Crippen molar-refractivity contribution in [2.24, 2.45) is 0 Å². The van der Waals surface area contributed by atoms with Gasteiger partial charge in [-0.1, -0.05) is 57.2 Å². The lowest BCUT2D eigenvalue weighted by molar-refractivity contribution is -0.136. The molecule has 0 spiro atoms. The number of hydrogen-bond donors (Lipinski definition) is 2. The fourth-order valence-electron chi connectivity index (χ4n) is 4.19. The third-order valence-corrected chi connectivity index (χ3v) is 6.08. The predicted octanol–water partition coefficient (Wildman–Crippen LogP) is 6.36. The average molecular weight is 474 g/mol. The van der Waals surface area contributed by atoms with Gasteiger partial charge in [-0.2, -0.15) is 0 Å². The summed E-state index contributed by atoms with van der Waals surface area (Å²) in [4.78, 5) is 15.2. The Morgan fingerprint density at radius 2 is 1.60 bits per heavy atom. The molecular weight excluding hydrogens is 442 g/mol. The lowest BCUT2D eigenvalue weighted by Gasteiger charge is -2.19. The molecule has 35 heavy (non-hydrogen) atoms. The Bertz CT molecular complexity index is 1320. The zero-order chi connectivity index (χ0) is 25.2. The molecule has 0 atom stereocenters. The van der Waals surface area contributed by atoms with Crippen LogP contribution in [0.4, 0.5) is 0 Å². The van der Waals surface area contributed by atoms with E-state index in [9.17, 15) is 9.90 Å². The second kappa shape index (κ2) is 9.74. The fraction of sp³-hybridized carbons (Fsp3) is 0.276. The number of hydrogen-bond acceptors (Lipinski definition) is 4. The van der Waals surface area contributed by atoms with Crippen LogP contribution in [0.1, 0.15) is 37.5 Å². The first kappa shape index (κ1) is 24.2. The lowest BCUT2D eigenvalue weighted by atomic mass is 9.86. The van der Waals surface area contributed by atoms with Crippen molar-refractivity contribution in [3.63, 3.8) is 0 Å². The van der Waals surface area contributed by atoms with Crippen molar-refractivity contribution >= 4 is 16.9 Å². The number of benzene rings is 3. The molecule has 0 fully saturated rings. The summed E-state index contributed by atoms with van der Waals surface area (Å²) in [5, 5.41) is 10.6. The maximum Gasteiger partial charge on any atom is 0.307 e. The van der Waals surface area contributed by atoms with Crippen molar-refractivity contribution in [1.82, 2.24) is 4.98 Å². The first-order valence-corrected chi connectivity index (χ1v) is 11.5. The van der Waals surface area contributed by atoms with E-state index < -0.39 is 5.97 Å². The summed E-state index contributed by atoms with van der Waals surface area (Å²) in [5.41, 5.74) is 5.19. The summed E-state index contributed by atoms with van der Waals surface area (Å²) in [6.45, 7) is 6.78. The second-order valence-electron chi connectivity index (χ2n) is 9.54. The molecule has 182 valence electrons. The SMILES string of the molecule is COc1cc(-c2[nH]c3ccc(C(C)(C)C)cc3c2CC(=O)O)cc(OC)c1OCc1ccccc1. The second-order valence-corrected chi connectivity index (χ2v) is 9.54. The molecule has 0 bridgehead atoms. The third-order valence-electron chi connectivity index (χ3n) is 6.08. The van der Waals surface area contributed by atoms with Crippen molar-refractivity contribution in [2.75, 3.05) is 14.2 Å². The molecule has 0 unspecified atom stereocenters. The molecular formula is C29H31NO5. The van der Waals surface area contributed by atoms with Crippen LogP contribution in [0.5, 0.6) is 17.2 Å². The Morgan fingerprint density at radius 1 is 0.943 bits per heavy atom. The van der Waals surface area contributed by atoms with Crippen molar-refractivity contribution in [1.29, 1.82) is 0 Å². The van der Waals surface area contributed by atoms with Gasteiger partial charge in [-0.3, -0.25) is 4.79 Å². The first-order valence-electron chi connectivity index (χ1n) is 11.5. The number of aromatic amines is 1. The Labute approximate surface area is 205 Å².